The van der Waals surface area contributed by atoms with Crippen molar-refractivity contribution >= 4 is 39.0 Å². The molecule has 3 rings (SSSR count). The van der Waals surface area contributed by atoms with Gasteiger partial charge in [0, 0.05) is 11.3 Å². The number of rotatable bonds is 5. The summed E-state index contributed by atoms with van der Waals surface area (Å²) in [5, 5.41) is 10.1. The van der Waals surface area contributed by atoms with Crippen LogP contribution in [-0.4, -0.2) is 24.5 Å². The minimum atomic E-state index is -3.83. The van der Waals surface area contributed by atoms with E-state index in [0.717, 1.165) is 0 Å². The van der Waals surface area contributed by atoms with Gasteiger partial charge in [0.25, 0.3) is 15.9 Å². The number of carbonyl (C=O) groups is 1. The first-order chi connectivity index (χ1) is 12.4. The Hall–Kier alpha value is -2.97. The van der Waals surface area contributed by atoms with E-state index in [0.29, 0.717) is 11.3 Å². The number of nitrogens with one attached hydrogen (secondary N) is 2. The van der Waals surface area contributed by atoms with Crippen molar-refractivity contribution in [3.05, 3.63) is 77.4 Å². The Morgan fingerprint density at radius 1 is 0.885 bits per heavy atom. The van der Waals surface area contributed by atoms with Gasteiger partial charge in [-0.1, -0.05) is 29.8 Å². The van der Waals surface area contributed by atoms with Gasteiger partial charge >= 0.3 is 0 Å². The van der Waals surface area contributed by atoms with Crippen molar-refractivity contribution in [2.75, 3.05) is 10.0 Å². The molecule has 1 aromatic heterocycles. The highest BCUT2D eigenvalue weighted by molar-refractivity contribution is 7.92. The molecule has 26 heavy (non-hydrogen) atoms. The SMILES string of the molecule is O=C(Nc1ccc(S(=O)(=O)Nc2ccc(Cl)nn2)cc1)c1ccccc1. The van der Waals surface area contributed by atoms with Gasteiger partial charge in [-0.15, -0.1) is 10.2 Å². The summed E-state index contributed by atoms with van der Waals surface area (Å²) in [5.41, 5.74) is 0.983. The van der Waals surface area contributed by atoms with Gasteiger partial charge in [0.05, 0.1) is 4.90 Å². The molecule has 2 N–H and O–H groups in total. The summed E-state index contributed by atoms with van der Waals surface area (Å²) in [5.74, 6) is -0.230. The molecule has 0 unspecified atom stereocenters. The largest absolute Gasteiger partial charge is 0.322 e. The number of amides is 1. The number of hydrogen-bond donors (Lipinski definition) is 2. The molecule has 2 aromatic carbocycles. The molecule has 0 atom stereocenters. The molecule has 0 saturated heterocycles. The summed E-state index contributed by atoms with van der Waals surface area (Å²) < 4.78 is 27.0. The normalized spacial score (nSPS) is 11.0. The number of sulfonamides is 1. The van der Waals surface area contributed by atoms with E-state index in [1.165, 1.54) is 36.4 Å². The van der Waals surface area contributed by atoms with Gasteiger partial charge in [-0.25, -0.2) is 8.42 Å². The molecule has 9 heteroatoms. The summed E-state index contributed by atoms with van der Waals surface area (Å²) in [6.07, 6.45) is 0. The number of anilines is 2. The van der Waals surface area contributed by atoms with Crippen LogP contribution in [0, 0.1) is 0 Å². The van der Waals surface area contributed by atoms with Crippen molar-refractivity contribution in [2.24, 2.45) is 0 Å². The second-order valence-corrected chi connectivity index (χ2v) is 7.26. The van der Waals surface area contributed by atoms with Gasteiger partial charge in [-0.3, -0.25) is 9.52 Å². The minimum Gasteiger partial charge on any atom is -0.322 e. The van der Waals surface area contributed by atoms with Crippen LogP contribution in [0.15, 0.2) is 71.6 Å². The number of carbonyl (C=O) groups excluding carboxylic acids is 1. The number of halogens is 1. The first-order valence-corrected chi connectivity index (χ1v) is 9.29. The zero-order valence-electron chi connectivity index (χ0n) is 13.3. The molecule has 0 aliphatic carbocycles. The fourth-order valence-corrected chi connectivity index (χ4v) is 3.17. The fraction of sp³-hybridized carbons (Fsp3) is 0. The van der Waals surface area contributed by atoms with Crippen molar-refractivity contribution in [3.8, 4) is 0 Å². The Balaban J connectivity index is 1.72. The highest BCUT2D eigenvalue weighted by atomic mass is 35.5. The molecule has 0 spiro atoms. The third kappa shape index (κ3) is 4.35. The van der Waals surface area contributed by atoms with Crippen LogP contribution >= 0.6 is 11.6 Å². The molecular formula is C17H13ClN4O3S. The van der Waals surface area contributed by atoms with Gasteiger partial charge in [0.1, 0.15) is 0 Å². The van der Waals surface area contributed by atoms with Gasteiger partial charge in [-0.05, 0) is 48.5 Å². The topological polar surface area (TPSA) is 101 Å². The maximum absolute atomic E-state index is 12.3. The Kier molecular flexibility index (Phi) is 5.15. The maximum Gasteiger partial charge on any atom is 0.263 e. The van der Waals surface area contributed by atoms with Crippen LogP contribution in [0.5, 0.6) is 0 Å². The van der Waals surface area contributed by atoms with Crippen molar-refractivity contribution in [3.63, 3.8) is 0 Å². The van der Waals surface area contributed by atoms with E-state index in [1.807, 2.05) is 6.07 Å². The molecule has 0 aliphatic rings. The number of nitrogens with zero attached hydrogens (tertiary/aromatic N) is 2. The number of benzene rings is 2. The van der Waals surface area contributed by atoms with Crippen LogP contribution in [0.2, 0.25) is 5.15 Å². The summed E-state index contributed by atoms with van der Waals surface area (Å²) in [4.78, 5) is 12.1. The zero-order valence-corrected chi connectivity index (χ0v) is 14.8. The lowest BCUT2D eigenvalue weighted by molar-refractivity contribution is 0.102. The molecule has 132 valence electrons. The monoisotopic (exact) mass is 388 g/mol. The minimum absolute atomic E-state index is 0.0203. The number of hydrogen-bond acceptors (Lipinski definition) is 5. The number of aromatic nitrogens is 2. The van der Waals surface area contributed by atoms with Gasteiger partial charge < -0.3 is 5.32 Å². The van der Waals surface area contributed by atoms with Gasteiger partial charge in [0.2, 0.25) is 0 Å². The lowest BCUT2D eigenvalue weighted by Gasteiger charge is -2.09. The van der Waals surface area contributed by atoms with Crippen LogP contribution < -0.4 is 10.0 Å². The molecule has 3 aromatic rings. The molecule has 7 nitrogen and oxygen atoms in total. The Morgan fingerprint density at radius 2 is 1.58 bits per heavy atom. The molecule has 0 fully saturated rings. The Bertz CT molecular complexity index is 1010. The second kappa shape index (κ2) is 7.51. The quantitative estimate of drug-likeness (QED) is 0.699. The molecular weight excluding hydrogens is 376 g/mol. The molecule has 0 aliphatic heterocycles. The highest BCUT2D eigenvalue weighted by Gasteiger charge is 2.15. The zero-order chi connectivity index (χ0) is 18.6. The van der Waals surface area contributed by atoms with Gasteiger partial charge in [0.15, 0.2) is 11.0 Å². The molecule has 0 bridgehead atoms. The predicted octanol–water partition coefficient (Wildman–Crippen LogP) is 3.18. The first kappa shape index (κ1) is 17.8. The van der Waals surface area contributed by atoms with Crippen LogP contribution in [0.3, 0.4) is 0 Å². The van der Waals surface area contributed by atoms with E-state index >= 15 is 0 Å². The van der Waals surface area contributed by atoms with Gasteiger partial charge in [-0.2, -0.15) is 0 Å². The van der Waals surface area contributed by atoms with Crippen molar-refractivity contribution in [1.29, 1.82) is 0 Å². The fourth-order valence-electron chi connectivity index (χ4n) is 2.08. The summed E-state index contributed by atoms with van der Waals surface area (Å²) >= 11 is 5.62. The predicted molar refractivity (Wildman–Crippen MR) is 98.7 cm³/mol. The Morgan fingerprint density at radius 3 is 2.19 bits per heavy atom. The van der Waals surface area contributed by atoms with Crippen LogP contribution in [0.4, 0.5) is 11.5 Å². The van der Waals surface area contributed by atoms with Crippen molar-refractivity contribution in [1.82, 2.24) is 10.2 Å². The maximum atomic E-state index is 12.3. The first-order valence-electron chi connectivity index (χ1n) is 7.42. The lowest BCUT2D eigenvalue weighted by atomic mass is 10.2. The standard InChI is InChI=1S/C17H13ClN4O3S/c18-15-10-11-16(21-20-15)22-26(24,25)14-8-6-13(7-9-14)19-17(23)12-4-2-1-3-5-12/h1-11H,(H,19,23)(H,21,22). The van der Waals surface area contributed by atoms with E-state index in [-0.39, 0.29) is 21.8 Å². The average Bonchev–Trinajstić information content (AvgIpc) is 2.64. The second-order valence-electron chi connectivity index (χ2n) is 5.19. The highest BCUT2D eigenvalue weighted by Crippen LogP contribution is 2.18. The lowest BCUT2D eigenvalue weighted by Crippen LogP contribution is -2.15. The van der Waals surface area contributed by atoms with Crippen molar-refractivity contribution in [2.45, 2.75) is 4.90 Å². The molecule has 0 radical (unpaired) electrons. The molecule has 0 saturated carbocycles. The third-order valence-electron chi connectivity index (χ3n) is 3.33. The summed E-state index contributed by atoms with van der Waals surface area (Å²) in [6, 6.07) is 17.3. The molecule has 1 amide bonds. The average molecular weight is 389 g/mol. The van der Waals surface area contributed by atoms with E-state index in [1.54, 1.807) is 24.3 Å². The molecule has 1 heterocycles. The van der Waals surface area contributed by atoms with E-state index in [9.17, 15) is 13.2 Å². The van der Waals surface area contributed by atoms with Crippen LogP contribution in [0.25, 0.3) is 0 Å². The van der Waals surface area contributed by atoms with E-state index in [4.69, 9.17) is 11.6 Å². The Labute approximate surface area is 155 Å². The van der Waals surface area contributed by atoms with Crippen molar-refractivity contribution < 1.29 is 13.2 Å². The smallest absolute Gasteiger partial charge is 0.263 e. The van der Waals surface area contributed by atoms with Crippen LogP contribution in [-0.2, 0) is 10.0 Å². The van der Waals surface area contributed by atoms with E-state index in [2.05, 4.69) is 20.2 Å². The third-order valence-corrected chi connectivity index (χ3v) is 4.90. The van der Waals surface area contributed by atoms with E-state index < -0.39 is 10.0 Å². The summed E-state index contributed by atoms with van der Waals surface area (Å²) in [6.45, 7) is 0. The summed E-state index contributed by atoms with van der Waals surface area (Å²) in [7, 11) is -3.83. The van der Waals surface area contributed by atoms with Crippen LogP contribution in [0.1, 0.15) is 10.4 Å².